The zero-order valence-electron chi connectivity index (χ0n) is 26.7. The van der Waals surface area contributed by atoms with Gasteiger partial charge in [-0.05, 0) is 65.9 Å². The topological polar surface area (TPSA) is 164 Å². The molecule has 11 nitrogen and oxygen atoms in total. The average molecular weight is 612 g/mol. The molecule has 4 fully saturated rings. The van der Waals surface area contributed by atoms with Crippen molar-refractivity contribution in [1.82, 2.24) is 20.9 Å². The lowest BCUT2D eigenvalue weighted by atomic mass is 9.78. The highest BCUT2D eigenvalue weighted by Gasteiger charge is 2.70. The maximum absolute atomic E-state index is 14.3. The van der Waals surface area contributed by atoms with E-state index < -0.39 is 52.7 Å². The number of ketones is 1. The van der Waals surface area contributed by atoms with Crippen molar-refractivity contribution in [2.24, 2.45) is 34.3 Å². The SMILES string of the molecule is CC(C)(C)[C@H](NC(=O)NC1(Cc2ccoc2)CCCCC1)C(=O)N1C[C@H]2[C@@H]([C@H]1C(=O)NC(CC1CC1)C(=O)C(N)=O)C2(C)C. The Morgan fingerprint density at radius 3 is 2.32 bits per heavy atom. The van der Waals surface area contributed by atoms with Crippen LogP contribution in [0.5, 0.6) is 0 Å². The van der Waals surface area contributed by atoms with Crippen LogP contribution < -0.4 is 21.7 Å². The van der Waals surface area contributed by atoms with E-state index in [0.29, 0.717) is 19.4 Å². The Labute approximate surface area is 259 Å². The number of amides is 5. The standard InChI is InChI=1S/C33H49N5O6/c1-31(2,3)26(36-30(43)37-33(12-7-6-8-13-33)16-20-11-14-44-18-20)29(42)38-17-21-23(32(21,4)5)24(38)28(41)35-22(15-19-9-10-19)25(39)27(34)40/h11,14,18-19,21-24,26H,6-10,12-13,15-17H2,1-5H3,(H2,34,40)(H,35,41)(H2,36,37,43)/t21-,22?,23-,24-,26+/m0/s1. The minimum Gasteiger partial charge on any atom is -0.472 e. The van der Waals surface area contributed by atoms with Gasteiger partial charge in [-0.2, -0.15) is 0 Å². The quantitative estimate of drug-likeness (QED) is 0.281. The van der Waals surface area contributed by atoms with Crippen LogP contribution in [-0.4, -0.2) is 64.6 Å². The summed E-state index contributed by atoms with van der Waals surface area (Å²) in [6, 6.07) is -1.22. The number of nitrogens with one attached hydrogen (secondary N) is 3. The van der Waals surface area contributed by atoms with Gasteiger partial charge in [0.25, 0.3) is 5.91 Å². The molecule has 1 aromatic rings. The van der Waals surface area contributed by atoms with Gasteiger partial charge in [-0.25, -0.2) is 4.79 Å². The van der Waals surface area contributed by atoms with Crippen molar-refractivity contribution in [3.63, 3.8) is 0 Å². The fourth-order valence-electron chi connectivity index (χ4n) is 7.74. The van der Waals surface area contributed by atoms with Gasteiger partial charge in [0.2, 0.25) is 17.6 Å². The Kier molecular flexibility index (Phi) is 8.63. The molecule has 0 bridgehead atoms. The molecule has 3 saturated carbocycles. The van der Waals surface area contributed by atoms with Crippen LogP contribution in [0.2, 0.25) is 0 Å². The first-order valence-electron chi connectivity index (χ1n) is 16.2. The van der Waals surface area contributed by atoms with Gasteiger partial charge < -0.3 is 31.0 Å². The molecule has 242 valence electrons. The number of carbonyl (C=O) groups excluding carboxylic acids is 5. The summed E-state index contributed by atoms with van der Waals surface area (Å²) in [4.78, 5) is 67.7. The largest absolute Gasteiger partial charge is 0.472 e. The van der Waals surface area contributed by atoms with Crippen LogP contribution in [0.15, 0.2) is 23.0 Å². The van der Waals surface area contributed by atoms with Crippen LogP contribution in [0.3, 0.4) is 0 Å². The molecule has 1 aromatic heterocycles. The van der Waals surface area contributed by atoms with E-state index in [9.17, 15) is 24.0 Å². The number of primary amides is 1. The number of piperidine rings is 1. The fourth-order valence-corrected chi connectivity index (χ4v) is 7.74. The highest BCUT2D eigenvalue weighted by atomic mass is 16.3. The van der Waals surface area contributed by atoms with Gasteiger partial charge in [-0.3, -0.25) is 19.2 Å². The summed E-state index contributed by atoms with van der Waals surface area (Å²) in [5, 5.41) is 9.02. The van der Waals surface area contributed by atoms with Crippen molar-refractivity contribution < 1.29 is 28.4 Å². The lowest BCUT2D eigenvalue weighted by Crippen LogP contribution is -2.63. The summed E-state index contributed by atoms with van der Waals surface area (Å²) < 4.78 is 5.28. The number of nitrogens with zero attached hydrogens (tertiary/aromatic N) is 1. The van der Waals surface area contributed by atoms with Gasteiger partial charge in [0, 0.05) is 12.1 Å². The molecule has 5 atom stereocenters. The summed E-state index contributed by atoms with van der Waals surface area (Å²) in [5.74, 6) is -2.38. The van der Waals surface area contributed by atoms with Crippen LogP contribution in [0.4, 0.5) is 4.79 Å². The lowest BCUT2D eigenvalue weighted by molar-refractivity contribution is -0.145. The number of hydrogen-bond donors (Lipinski definition) is 4. The zero-order valence-corrected chi connectivity index (χ0v) is 26.7. The molecule has 5 rings (SSSR count). The van der Waals surface area contributed by atoms with E-state index in [1.165, 1.54) is 0 Å². The highest BCUT2D eigenvalue weighted by Crippen LogP contribution is 2.65. The molecule has 1 aliphatic heterocycles. The molecule has 11 heteroatoms. The van der Waals surface area contributed by atoms with E-state index in [1.54, 1.807) is 17.4 Å². The second-order valence-corrected chi connectivity index (χ2v) is 15.4. The third kappa shape index (κ3) is 6.66. The van der Waals surface area contributed by atoms with E-state index in [-0.39, 0.29) is 29.1 Å². The molecule has 0 radical (unpaired) electrons. The Hall–Kier alpha value is -3.37. The number of fused-ring (bicyclic) bond motifs is 1. The van der Waals surface area contributed by atoms with Crippen molar-refractivity contribution in [3.8, 4) is 0 Å². The fraction of sp³-hybridized carbons (Fsp3) is 0.727. The molecule has 4 aliphatic rings. The van der Waals surface area contributed by atoms with E-state index in [0.717, 1.165) is 50.5 Å². The maximum atomic E-state index is 14.3. The van der Waals surface area contributed by atoms with E-state index in [4.69, 9.17) is 10.2 Å². The molecular formula is C33H49N5O6. The number of likely N-dealkylation sites (tertiary alicyclic amines) is 1. The predicted octanol–water partition coefficient (Wildman–Crippen LogP) is 3.06. The third-order valence-corrected chi connectivity index (χ3v) is 10.6. The number of Topliss-reactive ketones (excluding diaryl/α,β-unsaturated/α-hetero) is 1. The Morgan fingerprint density at radius 2 is 1.75 bits per heavy atom. The van der Waals surface area contributed by atoms with E-state index >= 15 is 0 Å². The summed E-state index contributed by atoms with van der Waals surface area (Å²) in [5.41, 5.74) is 5.07. The summed E-state index contributed by atoms with van der Waals surface area (Å²) >= 11 is 0. The molecule has 3 aliphatic carbocycles. The summed E-state index contributed by atoms with van der Waals surface area (Å²) in [6.45, 7) is 10.2. The first-order valence-corrected chi connectivity index (χ1v) is 16.2. The average Bonchev–Trinajstić information content (AvgIpc) is 3.66. The predicted molar refractivity (Wildman–Crippen MR) is 163 cm³/mol. The molecule has 0 spiro atoms. The number of furan rings is 1. The number of urea groups is 1. The number of carbonyl (C=O) groups is 5. The van der Waals surface area contributed by atoms with Gasteiger partial charge in [-0.1, -0.05) is 66.7 Å². The smallest absolute Gasteiger partial charge is 0.315 e. The van der Waals surface area contributed by atoms with Gasteiger partial charge >= 0.3 is 6.03 Å². The maximum Gasteiger partial charge on any atom is 0.315 e. The molecular weight excluding hydrogens is 562 g/mol. The monoisotopic (exact) mass is 611 g/mol. The first-order chi connectivity index (χ1) is 20.6. The Morgan fingerprint density at radius 1 is 1.07 bits per heavy atom. The van der Waals surface area contributed by atoms with Crippen LogP contribution in [0.25, 0.3) is 0 Å². The van der Waals surface area contributed by atoms with Gasteiger partial charge in [-0.15, -0.1) is 0 Å². The number of hydrogen-bond acceptors (Lipinski definition) is 6. The van der Waals surface area contributed by atoms with Crippen molar-refractivity contribution in [3.05, 3.63) is 24.2 Å². The number of nitrogens with two attached hydrogens (primary N) is 1. The van der Waals surface area contributed by atoms with Crippen LogP contribution in [0.1, 0.15) is 91.5 Å². The summed E-state index contributed by atoms with van der Waals surface area (Å²) in [6.07, 6.45) is 11.0. The molecule has 2 heterocycles. The Balaban J connectivity index is 1.33. The van der Waals surface area contributed by atoms with E-state index in [2.05, 4.69) is 29.8 Å². The number of rotatable bonds is 11. The first kappa shape index (κ1) is 32.0. The second-order valence-electron chi connectivity index (χ2n) is 15.4. The normalized spacial score (nSPS) is 26.6. The Bertz CT molecular complexity index is 1270. The highest BCUT2D eigenvalue weighted by molar-refractivity contribution is 6.37. The van der Waals surface area contributed by atoms with Gasteiger partial charge in [0.05, 0.1) is 18.6 Å². The molecule has 0 aromatic carbocycles. The van der Waals surface area contributed by atoms with Gasteiger partial charge in [0.1, 0.15) is 12.1 Å². The zero-order chi connectivity index (χ0) is 32.0. The van der Waals surface area contributed by atoms with Crippen molar-refractivity contribution in [2.75, 3.05) is 6.54 Å². The van der Waals surface area contributed by atoms with Crippen molar-refractivity contribution >= 4 is 29.5 Å². The molecule has 5 N–H and O–H groups in total. The molecule has 1 saturated heterocycles. The lowest BCUT2D eigenvalue weighted by Gasteiger charge is -2.41. The van der Waals surface area contributed by atoms with Gasteiger partial charge in [0.15, 0.2) is 0 Å². The molecule has 44 heavy (non-hydrogen) atoms. The molecule has 5 amide bonds. The van der Waals surface area contributed by atoms with Crippen LogP contribution in [0, 0.1) is 28.6 Å². The van der Waals surface area contributed by atoms with Crippen molar-refractivity contribution in [1.29, 1.82) is 0 Å². The second kappa shape index (κ2) is 11.9. The summed E-state index contributed by atoms with van der Waals surface area (Å²) in [7, 11) is 0. The third-order valence-electron chi connectivity index (χ3n) is 10.6. The van der Waals surface area contributed by atoms with Crippen LogP contribution >= 0.6 is 0 Å². The van der Waals surface area contributed by atoms with Crippen LogP contribution in [-0.2, 0) is 25.6 Å². The minimum atomic E-state index is -1.08. The molecule has 1 unspecified atom stereocenters. The van der Waals surface area contributed by atoms with E-state index in [1.807, 2.05) is 26.8 Å². The van der Waals surface area contributed by atoms with Crippen molar-refractivity contribution in [2.45, 2.75) is 116 Å². The minimum absolute atomic E-state index is 0.0911.